The Balaban J connectivity index is 1.38. The molecule has 1 unspecified atom stereocenters. The maximum atomic E-state index is 5.88. The second-order valence-corrected chi connectivity index (χ2v) is 6.66. The van der Waals surface area contributed by atoms with Crippen LogP contribution in [0.25, 0.3) is 10.9 Å². The molecule has 5 heteroatoms. The maximum absolute atomic E-state index is 5.88. The van der Waals surface area contributed by atoms with Crippen LogP contribution in [0.5, 0.6) is 5.75 Å². The van der Waals surface area contributed by atoms with E-state index in [-0.39, 0.29) is 6.10 Å². The van der Waals surface area contributed by atoms with Crippen LogP contribution < -0.4 is 4.74 Å². The molecule has 1 aliphatic rings. The normalized spacial score (nSPS) is 18.1. The van der Waals surface area contributed by atoms with E-state index in [0.717, 1.165) is 43.2 Å². The second kappa shape index (κ2) is 7.81. The number of rotatable bonds is 5. The summed E-state index contributed by atoms with van der Waals surface area (Å²) in [7, 11) is 0. The van der Waals surface area contributed by atoms with Gasteiger partial charge < -0.3 is 9.47 Å². The largest absolute Gasteiger partial charge is 0.489 e. The molecule has 0 spiro atoms. The van der Waals surface area contributed by atoms with Gasteiger partial charge >= 0.3 is 0 Å². The number of hydrogen-bond donors (Lipinski definition) is 0. The third-order valence-electron chi connectivity index (χ3n) is 4.68. The maximum Gasteiger partial charge on any atom is 0.137 e. The van der Waals surface area contributed by atoms with Crippen molar-refractivity contribution in [1.82, 2.24) is 14.9 Å². The predicted molar refractivity (Wildman–Crippen MR) is 101 cm³/mol. The molecule has 0 radical (unpaired) electrons. The molecule has 3 aromatic rings. The number of benzene rings is 1. The fourth-order valence-electron chi connectivity index (χ4n) is 3.29. The minimum absolute atomic E-state index is 0.0677. The molecular formula is C21H23N3O2. The SMILES string of the molecule is Cc1ccc(OCC2CN(Cc3ccnc4ccccc34)CCO2)cn1. The predicted octanol–water partition coefficient (Wildman–Crippen LogP) is 3.22. The van der Waals surface area contributed by atoms with Crippen molar-refractivity contribution < 1.29 is 9.47 Å². The van der Waals surface area contributed by atoms with E-state index in [9.17, 15) is 0 Å². The molecule has 0 saturated carbocycles. The number of pyridine rings is 2. The van der Waals surface area contributed by atoms with Crippen LogP contribution in [-0.4, -0.2) is 47.3 Å². The lowest BCUT2D eigenvalue weighted by Crippen LogP contribution is -2.44. The summed E-state index contributed by atoms with van der Waals surface area (Å²) in [6.07, 6.45) is 3.72. The first kappa shape index (κ1) is 16.9. The first-order chi connectivity index (χ1) is 12.8. The molecule has 0 bridgehead atoms. The Morgan fingerprint density at radius 2 is 2.08 bits per heavy atom. The Morgan fingerprint density at radius 3 is 2.96 bits per heavy atom. The highest BCUT2D eigenvalue weighted by molar-refractivity contribution is 5.81. The number of ether oxygens (including phenoxy) is 2. The number of fused-ring (bicyclic) bond motifs is 1. The zero-order chi connectivity index (χ0) is 17.8. The lowest BCUT2D eigenvalue weighted by molar-refractivity contribution is -0.0503. The smallest absolute Gasteiger partial charge is 0.137 e. The minimum Gasteiger partial charge on any atom is -0.489 e. The van der Waals surface area contributed by atoms with Crippen molar-refractivity contribution in [3.8, 4) is 5.75 Å². The van der Waals surface area contributed by atoms with E-state index in [1.807, 2.05) is 31.3 Å². The molecule has 1 saturated heterocycles. The van der Waals surface area contributed by atoms with Gasteiger partial charge in [-0.05, 0) is 36.8 Å². The Kier molecular flexibility index (Phi) is 5.09. The van der Waals surface area contributed by atoms with E-state index in [2.05, 4.69) is 39.1 Å². The number of hydrogen-bond acceptors (Lipinski definition) is 5. The van der Waals surface area contributed by atoms with Crippen LogP contribution in [0.15, 0.2) is 54.9 Å². The van der Waals surface area contributed by atoms with Gasteiger partial charge in [-0.15, -0.1) is 0 Å². The summed E-state index contributed by atoms with van der Waals surface area (Å²) in [5.74, 6) is 0.788. The summed E-state index contributed by atoms with van der Waals surface area (Å²) >= 11 is 0. The van der Waals surface area contributed by atoms with E-state index in [1.54, 1.807) is 6.20 Å². The third-order valence-corrected chi connectivity index (χ3v) is 4.68. The van der Waals surface area contributed by atoms with E-state index in [0.29, 0.717) is 6.61 Å². The lowest BCUT2D eigenvalue weighted by atomic mass is 10.1. The summed E-state index contributed by atoms with van der Waals surface area (Å²) in [5, 5.41) is 1.22. The molecule has 4 rings (SSSR count). The molecule has 1 aromatic carbocycles. The Hall–Kier alpha value is -2.50. The first-order valence-corrected chi connectivity index (χ1v) is 9.00. The molecule has 1 aliphatic heterocycles. The van der Waals surface area contributed by atoms with E-state index < -0.39 is 0 Å². The zero-order valence-electron chi connectivity index (χ0n) is 15.0. The molecule has 5 nitrogen and oxygen atoms in total. The standard InChI is InChI=1S/C21H23N3O2/c1-16-6-7-18(12-23-16)26-15-19-14-24(10-11-25-19)13-17-8-9-22-21-5-3-2-4-20(17)21/h2-9,12,19H,10-11,13-15H2,1H3. The van der Waals surface area contributed by atoms with Gasteiger partial charge in [0.05, 0.1) is 18.3 Å². The number of nitrogens with zero attached hydrogens (tertiary/aromatic N) is 3. The molecular weight excluding hydrogens is 326 g/mol. The Bertz CT molecular complexity index is 861. The fraction of sp³-hybridized carbons (Fsp3) is 0.333. The molecule has 0 amide bonds. The molecule has 0 N–H and O–H groups in total. The van der Waals surface area contributed by atoms with Gasteiger partial charge in [-0.3, -0.25) is 14.9 Å². The van der Waals surface area contributed by atoms with Crippen molar-refractivity contribution in [2.45, 2.75) is 19.6 Å². The molecule has 3 heterocycles. The van der Waals surface area contributed by atoms with Crippen molar-refractivity contribution in [3.05, 3.63) is 66.1 Å². The number of morpholine rings is 1. The summed E-state index contributed by atoms with van der Waals surface area (Å²) < 4.78 is 11.7. The van der Waals surface area contributed by atoms with Crippen molar-refractivity contribution in [1.29, 1.82) is 0 Å². The highest BCUT2D eigenvalue weighted by atomic mass is 16.5. The summed E-state index contributed by atoms with van der Waals surface area (Å²) in [6, 6.07) is 14.3. The van der Waals surface area contributed by atoms with Crippen LogP contribution in [-0.2, 0) is 11.3 Å². The Labute approximate surface area is 153 Å². The molecule has 0 aliphatic carbocycles. The number of aryl methyl sites for hydroxylation is 1. The van der Waals surface area contributed by atoms with E-state index >= 15 is 0 Å². The lowest BCUT2D eigenvalue weighted by Gasteiger charge is -2.33. The monoisotopic (exact) mass is 349 g/mol. The average molecular weight is 349 g/mol. The Morgan fingerprint density at radius 1 is 1.15 bits per heavy atom. The second-order valence-electron chi connectivity index (χ2n) is 6.66. The van der Waals surface area contributed by atoms with Crippen LogP contribution in [0, 0.1) is 6.92 Å². The van der Waals surface area contributed by atoms with Crippen LogP contribution >= 0.6 is 0 Å². The van der Waals surface area contributed by atoms with Gasteiger partial charge in [0.15, 0.2) is 0 Å². The molecule has 134 valence electrons. The van der Waals surface area contributed by atoms with Gasteiger partial charge in [-0.1, -0.05) is 18.2 Å². The summed E-state index contributed by atoms with van der Waals surface area (Å²) in [4.78, 5) is 11.1. The van der Waals surface area contributed by atoms with Crippen molar-refractivity contribution in [3.63, 3.8) is 0 Å². The highest BCUT2D eigenvalue weighted by Crippen LogP contribution is 2.19. The topological polar surface area (TPSA) is 47.5 Å². The molecule has 1 atom stereocenters. The first-order valence-electron chi connectivity index (χ1n) is 9.00. The van der Waals surface area contributed by atoms with Gasteiger partial charge in [-0.2, -0.15) is 0 Å². The van der Waals surface area contributed by atoms with E-state index in [4.69, 9.17) is 9.47 Å². The minimum atomic E-state index is 0.0677. The highest BCUT2D eigenvalue weighted by Gasteiger charge is 2.21. The van der Waals surface area contributed by atoms with E-state index in [1.165, 1.54) is 10.9 Å². The third kappa shape index (κ3) is 4.00. The molecule has 1 fully saturated rings. The van der Waals surface area contributed by atoms with Crippen LogP contribution in [0.2, 0.25) is 0 Å². The summed E-state index contributed by atoms with van der Waals surface area (Å²) in [5.41, 5.74) is 3.34. The van der Waals surface area contributed by atoms with Crippen molar-refractivity contribution >= 4 is 10.9 Å². The van der Waals surface area contributed by atoms with Gasteiger partial charge in [0.25, 0.3) is 0 Å². The van der Waals surface area contributed by atoms with Crippen molar-refractivity contribution in [2.75, 3.05) is 26.3 Å². The van der Waals surface area contributed by atoms with Crippen LogP contribution in [0.4, 0.5) is 0 Å². The van der Waals surface area contributed by atoms with Gasteiger partial charge in [0, 0.05) is 36.9 Å². The molecule has 2 aromatic heterocycles. The van der Waals surface area contributed by atoms with Crippen LogP contribution in [0.1, 0.15) is 11.3 Å². The van der Waals surface area contributed by atoms with Gasteiger partial charge in [-0.25, -0.2) is 0 Å². The van der Waals surface area contributed by atoms with Crippen LogP contribution in [0.3, 0.4) is 0 Å². The van der Waals surface area contributed by atoms with Gasteiger partial charge in [0.2, 0.25) is 0 Å². The van der Waals surface area contributed by atoms with Gasteiger partial charge in [0.1, 0.15) is 18.5 Å². The average Bonchev–Trinajstić information content (AvgIpc) is 2.68. The quantitative estimate of drug-likeness (QED) is 0.708. The summed E-state index contributed by atoms with van der Waals surface area (Å²) in [6.45, 7) is 5.92. The number of para-hydroxylation sites is 1. The fourth-order valence-corrected chi connectivity index (χ4v) is 3.29. The van der Waals surface area contributed by atoms with Crippen molar-refractivity contribution in [2.24, 2.45) is 0 Å². The molecule has 26 heavy (non-hydrogen) atoms. The zero-order valence-corrected chi connectivity index (χ0v) is 15.0. The number of aromatic nitrogens is 2.